The number of rotatable bonds is 3. The zero-order chi connectivity index (χ0) is 12.5. The van der Waals surface area contributed by atoms with Crippen LogP contribution in [-0.2, 0) is 6.42 Å². The van der Waals surface area contributed by atoms with Crippen molar-refractivity contribution in [3.63, 3.8) is 0 Å². The number of nitrogens with zero attached hydrogens (tertiary/aromatic N) is 1. The Kier molecular flexibility index (Phi) is 3.88. The molecule has 0 spiro atoms. The van der Waals surface area contributed by atoms with Crippen molar-refractivity contribution in [1.29, 1.82) is 0 Å². The van der Waals surface area contributed by atoms with Crippen molar-refractivity contribution < 1.29 is 5.11 Å². The van der Waals surface area contributed by atoms with Crippen molar-refractivity contribution in [1.82, 2.24) is 4.98 Å². The highest BCUT2D eigenvalue weighted by Crippen LogP contribution is 2.44. The van der Waals surface area contributed by atoms with Crippen LogP contribution in [0.4, 0.5) is 0 Å². The zero-order valence-electron chi connectivity index (χ0n) is 10.5. The Bertz CT molecular complexity index is 374. The van der Waals surface area contributed by atoms with Gasteiger partial charge in [-0.25, -0.2) is 0 Å². The van der Waals surface area contributed by atoms with Gasteiger partial charge in [0.15, 0.2) is 0 Å². The average Bonchev–Trinajstić information content (AvgIpc) is 2.61. The third kappa shape index (κ3) is 3.08. The molecule has 1 N–H and O–H groups in total. The molecule has 0 saturated heterocycles. The molecule has 0 aromatic carbocycles. The van der Waals surface area contributed by atoms with Gasteiger partial charge in [-0.3, -0.25) is 4.98 Å². The number of hydrogen-bond acceptors (Lipinski definition) is 2. The molecule has 3 heteroatoms. The summed E-state index contributed by atoms with van der Waals surface area (Å²) >= 11 is 3.37. The van der Waals surface area contributed by atoms with E-state index in [4.69, 9.17) is 0 Å². The highest BCUT2D eigenvalue weighted by molar-refractivity contribution is 9.10. The molecule has 0 amide bonds. The second-order valence-corrected chi connectivity index (χ2v) is 6.64. The normalized spacial score (nSPS) is 24.8. The Hall–Kier alpha value is -0.410. The van der Waals surface area contributed by atoms with Crippen LogP contribution in [0.2, 0.25) is 0 Å². The molecule has 94 valence electrons. The van der Waals surface area contributed by atoms with Crippen LogP contribution in [0, 0.1) is 11.3 Å². The first-order chi connectivity index (χ1) is 7.99. The summed E-state index contributed by atoms with van der Waals surface area (Å²) in [5.74, 6) is 0.410. The molecule has 2 nitrogen and oxygen atoms in total. The van der Waals surface area contributed by atoms with E-state index in [1.165, 1.54) is 12.8 Å². The molecule has 1 heterocycles. The van der Waals surface area contributed by atoms with Gasteiger partial charge in [0, 0.05) is 22.8 Å². The third-order valence-electron chi connectivity index (χ3n) is 4.01. The van der Waals surface area contributed by atoms with Gasteiger partial charge >= 0.3 is 0 Å². The molecule has 1 aliphatic carbocycles. The van der Waals surface area contributed by atoms with E-state index in [2.05, 4.69) is 34.8 Å². The minimum absolute atomic E-state index is 0.263. The molecule has 1 saturated carbocycles. The van der Waals surface area contributed by atoms with Crippen LogP contribution in [-0.4, -0.2) is 16.2 Å². The first-order valence-corrected chi connectivity index (χ1v) is 7.07. The molecule has 2 atom stereocenters. The smallest absolute Gasteiger partial charge is 0.0628 e. The van der Waals surface area contributed by atoms with Crippen molar-refractivity contribution in [3.05, 3.63) is 28.5 Å². The lowest BCUT2D eigenvalue weighted by Crippen LogP contribution is -2.31. The van der Waals surface area contributed by atoms with E-state index in [9.17, 15) is 5.11 Å². The fourth-order valence-corrected chi connectivity index (χ4v) is 3.19. The highest BCUT2D eigenvalue weighted by atomic mass is 79.9. The summed E-state index contributed by atoms with van der Waals surface area (Å²) in [5, 5.41) is 10.4. The Morgan fingerprint density at radius 1 is 1.53 bits per heavy atom. The van der Waals surface area contributed by atoms with Gasteiger partial charge in [-0.2, -0.15) is 0 Å². The summed E-state index contributed by atoms with van der Waals surface area (Å²) in [5.41, 5.74) is 1.25. The monoisotopic (exact) mass is 297 g/mol. The van der Waals surface area contributed by atoms with Gasteiger partial charge in [0.1, 0.15) is 0 Å². The zero-order valence-corrected chi connectivity index (χ0v) is 12.1. The summed E-state index contributed by atoms with van der Waals surface area (Å²) < 4.78 is 0.983. The Morgan fingerprint density at radius 2 is 2.29 bits per heavy atom. The lowest BCUT2D eigenvalue weighted by molar-refractivity contribution is 0.0536. The van der Waals surface area contributed by atoms with Crippen LogP contribution in [0.25, 0.3) is 0 Å². The Labute approximate surface area is 112 Å². The first-order valence-electron chi connectivity index (χ1n) is 6.27. The summed E-state index contributed by atoms with van der Waals surface area (Å²) in [4.78, 5) is 4.33. The number of halogens is 1. The van der Waals surface area contributed by atoms with Crippen LogP contribution in [0.15, 0.2) is 22.8 Å². The molecule has 2 unspecified atom stereocenters. The van der Waals surface area contributed by atoms with Crippen LogP contribution in [0.3, 0.4) is 0 Å². The highest BCUT2D eigenvalue weighted by Gasteiger charge is 2.38. The predicted molar refractivity (Wildman–Crippen MR) is 72.8 cm³/mol. The standard InChI is InChI=1S/C14H20BrNO/c1-14(2)7-3-4-12(14)13(17)8-11-6-5-10(15)9-16-11/h5-6,9,12-13,17H,3-4,7-8H2,1-2H3. The van der Waals surface area contributed by atoms with Gasteiger partial charge in [-0.05, 0) is 52.2 Å². The van der Waals surface area contributed by atoms with Crippen LogP contribution in [0.5, 0.6) is 0 Å². The maximum atomic E-state index is 10.4. The van der Waals surface area contributed by atoms with Crippen LogP contribution in [0.1, 0.15) is 38.8 Å². The van der Waals surface area contributed by atoms with E-state index in [-0.39, 0.29) is 11.5 Å². The Balaban J connectivity index is 2.01. The summed E-state index contributed by atoms with van der Waals surface area (Å²) in [6.07, 6.45) is 5.81. The fourth-order valence-electron chi connectivity index (χ4n) is 2.95. The fraction of sp³-hybridized carbons (Fsp3) is 0.643. The topological polar surface area (TPSA) is 33.1 Å². The molecule has 0 aliphatic heterocycles. The quantitative estimate of drug-likeness (QED) is 0.925. The van der Waals surface area contributed by atoms with E-state index >= 15 is 0 Å². The third-order valence-corrected chi connectivity index (χ3v) is 4.48. The number of pyridine rings is 1. The molecule has 1 aliphatic rings. The lowest BCUT2D eigenvalue weighted by Gasteiger charge is -2.31. The molecular formula is C14H20BrNO. The van der Waals surface area contributed by atoms with Gasteiger partial charge in [0.25, 0.3) is 0 Å². The predicted octanol–water partition coefficient (Wildman–Crippen LogP) is 3.57. The maximum absolute atomic E-state index is 10.4. The van der Waals surface area contributed by atoms with E-state index < -0.39 is 0 Å². The summed E-state index contributed by atoms with van der Waals surface area (Å²) in [6, 6.07) is 3.96. The van der Waals surface area contributed by atoms with Gasteiger partial charge in [-0.15, -0.1) is 0 Å². The van der Waals surface area contributed by atoms with Crippen molar-refractivity contribution >= 4 is 15.9 Å². The molecular weight excluding hydrogens is 278 g/mol. The SMILES string of the molecule is CC1(C)CCCC1C(O)Cc1ccc(Br)cn1. The van der Waals surface area contributed by atoms with Gasteiger partial charge in [0.2, 0.25) is 0 Å². The number of aliphatic hydroxyl groups excluding tert-OH is 1. The van der Waals surface area contributed by atoms with E-state index in [0.717, 1.165) is 16.6 Å². The van der Waals surface area contributed by atoms with Gasteiger partial charge in [0.05, 0.1) is 6.10 Å². The second-order valence-electron chi connectivity index (χ2n) is 5.73. The van der Waals surface area contributed by atoms with E-state index in [1.807, 2.05) is 12.1 Å². The Morgan fingerprint density at radius 3 is 2.82 bits per heavy atom. The molecule has 1 aromatic heterocycles. The number of hydrogen-bond donors (Lipinski definition) is 1. The molecule has 1 fully saturated rings. The second kappa shape index (κ2) is 5.07. The summed E-state index contributed by atoms with van der Waals surface area (Å²) in [7, 11) is 0. The first kappa shape index (κ1) is 13.0. The molecule has 17 heavy (non-hydrogen) atoms. The number of aromatic nitrogens is 1. The van der Waals surface area contributed by atoms with E-state index in [0.29, 0.717) is 12.3 Å². The molecule has 2 rings (SSSR count). The average molecular weight is 298 g/mol. The van der Waals surface area contributed by atoms with Crippen molar-refractivity contribution in [2.45, 2.75) is 45.6 Å². The molecule has 0 bridgehead atoms. The number of aliphatic hydroxyl groups is 1. The van der Waals surface area contributed by atoms with Crippen molar-refractivity contribution in [2.24, 2.45) is 11.3 Å². The molecule has 0 radical (unpaired) electrons. The largest absolute Gasteiger partial charge is 0.392 e. The minimum Gasteiger partial charge on any atom is -0.392 e. The van der Waals surface area contributed by atoms with Crippen LogP contribution < -0.4 is 0 Å². The van der Waals surface area contributed by atoms with E-state index in [1.54, 1.807) is 6.20 Å². The van der Waals surface area contributed by atoms with Crippen molar-refractivity contribution in [3.8, 4) is 0 Å². The van der Waals surface area contributed by atoms with Crippen molar-refractivity contribution in [2.75, 3.05) is 0 Å². The summed E-state index contributed by atoms with van der Waals surface area (Å²) in [6.45, 7) is 4.53. The van der Waals surface area contributed by atoms with Gasteiger partial charge < -0.3 is 5.11 Å². The lowest BCUT2D eigenvalue weighted by atomic mass is 9.77. The van der Waals surface area contributed by atoms with Crippen LogP contribution >= 0.6 is 15.9 Å². The maximum Gasteiger partial charge on any atom is 0.0628 e. The molecule has 1 aromatic rings. The van der Waals surface area contributed by atoms with Gasteiger partial charge in [-0.1, -0.05) is 20.3 Å². The minimum atomic E-state index is -0.263.